The zero-order valence-corrected chi connectivity index (χ0v) is 25.0. The monoisotopic (exact) mass is 614 g/mol. The van der Waals surface area contributed by atoms with Crippen LogP contribution in [-0.2, 0) is 9.53 Å². The molecule has 13 nitrogen and oxygen atoms in total. The normalized spacial score (nSPS) is 22.0. The van der Waals surface area contributed by atoms with Crippen molar-refractivity contribution in [2.45, 2.75) is 56.3 Å². The van der Waals surface area contributed by atoms with Gasteiger partial charge in [0.1, 0.15) is 12.2 Å². The molecule has 6 N–H and O–H groups in total. The second-order valence-electron chi connectivity index (χ2n) is 11.3. The van der Waals surface area contributed by atoms with Crippen LogP contribution in [0.1, 0.15) is 53.7 Å². The molecule has 6 rings (SSSR count). The van der Waals surface area contributed by atoms with Gasteiger partial charge in [-0.05, 0) is 44.0 Å². The number of ether oxygens (including phenoxy) is 1. The summed E-state index contributed by atoms with van der Waals surface area (Å²) in [6.07, 6.45) is -2.41. The molecule has 0 saturated carbocycles. The SMILES string of the molecule is CCNC(=O)[C@H]1O[C@@H](n2cnc3c(NCC(c4ccccc4)c4ccccc4)nc(C(=O)NC4CCNCC4)nc32)[C@H](O)[C@@H]1O. The maximum absolute atomic E-state index is 13.5. The molecule has 0 bridgehead atoms. The summed E-state index contributed by atoms with van der Waals surface area (Å²) in [5, 5.41) is 33.9. The van der Waals surface area contributed by atoms with Crippen LogP contribution < -0.4 is 21.3 Å². The molecule has 0 unspecified atom stereocenters. The number of carbonyl (C=O) groups excluding carboxylic acids is 2. The first-order valence-corrected chi connectivity index (χ1v) is 15.3. The summed E-state index contributed by atoms with van der Waals surface area (Å²) in [6.45, 7) is 4.12. The molecule has 4 aromatic rings. The third-order valence-corrected chi connectivity index (χ3v) is 8.30. The number of anilines is 1. The van der Waals surface area contributed by atoms with Crippen molar-refractivity contribution in [1.29, 1.82) is 0 Å². The molecule has 2 aliphatic heterocycles. The number of aliphatic hydroxyl groups excluding tert-OH is 2. The Morgan fingerprint density at radius 1 is 1.00 bits per heavy atom. The van der Waals surface area contributed by atoms with Gasteiger partial charge in [0, 0.05) is 25.0 Å². The van der Waals surface area contributed by atoms with Gasteiger partial charge in [-0.15, -0.1) is 0 Å². The Morgan fingerprint density at radius 2 is 1.67 bits per heavy atom. The molecule has 2 aromatic carbocycles. The molecule has 2 aromatic heterocycles. The van der Waals surface area contributed by atoms with Gasteiger partial charge in [-0.2, -0.15) is 0 Å². The smallest absolute Gasteiger partial charge is 0.289 e. The van der Waals surface area contributed by atoms with E-state index >= 15 is 0 Å². The van der Waals surface area contributed by atoms with Crippen LogP contribution in [0.5, 0.6) is 0 Å². The summed E-state index contributed by atoms with van der Waals surface area (Å²) in [6, 6.07) is 20.2. The molecule has 2 fully saturated rings. The number of aliphatic hydroxyl groups is 2. The summed E-state index contributed by atoms with van der Waals surface area (Å²) in [5.41, 5.74) is 2.76. The Morgan fingerprint density at radius 3 is 2.31 bits per heavy atom. The van der Waals surface area contributed by atoms with Crippen LogP contribution in [0.3, 0.4) is 0 Å². The first-order chi connectivity index (χ1) is 21.9. The van der Waals surface area contributed by atoms with E-state index in [0.717, 1.165) is 37.1 Å². The van der Waals surface area contributed by atoms with Crippen LogP contribution in [0, 0.1) is 0 Å². The van der Waals surface area contributed by atoms with Crippen LogP contribution in [0.25, 0.3) is 11.2 Å². The van der Waals surface area contributed by atoms with E-state index in [1.54, 1.807) is 6.92 Å². The Labute approximate surface area is 260 Å². The van der Waals surface area contributed by atoms with Gasteiger partial charge in [-0.25, -0.2) is 15.0 Å². The number of benzene rings is 2. The molecule has 236 valence electrons. The largest absolute Gasteiger partial charge is 0.387 e. The number of nitrogens with zero attached hydrogens (tertiary/aromatic N) is 4. The van der Waals surface area contributed by atoms with Gasteiger partial charge in [-0.3, -0.25) is 14.2 Å². The van der Waals surface area contributed by atoms with E-state index in [-0.39, 0.29) is 23.4 Å². The molecule has 2 aliphatic rings. The van der Waals surface area contributed by atoms with Crippen LogP contribution in [0.15, 0.2) is 67.0 Å². The summed E-state index contributed by atoms with van der Waals surface area (Å²) < 4.78 is 7.28. The number of aromatic nitrogens is 4. The van der Waals surface area contributed by atoms with Crippen LogP contribution in [0.4, 0.5) is 5.82 Å². The highest BCUT2D eigenvalue weighted by Gasteiger charge is 2.47. The third-order valence-electron chi connectivity index (χ3n) is 8.30. The van der Waals surface area contributed by atoms with E-state index in [1.165, 1.54) is 10.9 Å². The van der Waals surface area contributed by atoms with Crippen molar-refractivity contribution >= 4 is 28.8 Å². The number of rotatable bonds is 10. The molecule has 2 saturated heterocycles. The molecule has 0 aliphatic carbocycles. The lowest BCUT2D eigenvalue weighted by atomic mass is 9.91. The van der Waals surface area contributed by atoms with Gasteiger partial charge < -0.3 is 36.2 Å². The molecule has 45 heavy (non-hydrogen) atoms. The van der Waals surface area contributed by atoms with E-state index in [4.69, 9.17) is 4.74 Å². The number of fused-ring (bicyclic) bond motifs is 1. The highest BCUT2D eigenvalue weighted by Crippen LogP contribution is 2.33. The average Bonchev–Trinajstić information content (AvgIpc) is 3.62. The Kier molecular flexibility index (Phi) is 9.31. The fourth-order valence-corrected chi connectivity index (χ4v) is 5.92. The topological polar surface area (TPSA) is 176 Å². The summed E-state index contributed by atoms with van der Waals surface area (Å²) in [4.78, 5) is 39.7. The highest BCUT2D eigenvalue weighted by atomic mass is 16.6. The van der Waals surface area contributed by atoms with E-state index in [9.17, 15) is 19.8 Å². The first-order valence-electron chi connectivity index (χ1n) is 15.3. The third kappa shape index (κ3) is 6.52. The number of imidazole rings is 1. The predicted molar refractivity (Wildman–Crippen MR) is 167 cm³/mol. The summed E-state index contributed by atoms with van der Waals surface area (Å²) in [7, 11) is 0. The van der Waals surface area contributed by atoms with Crippen molar-refractivity contribution in [3.63, 3.8) is 0 Å². The highest BCUT2D eigenvalue weighted by molar-refractivity contribution is 5.94. The molecule has 4 atom stereocenters. The quantitative estimate of drug-likeness (QED) is 0.153. The minimum Gasteiger partial charge on any atom is -0.387 e. The fourth-order valence-electron chi connectivity index (χ4n) is 5.92. The van der Waals surface area contributed by atoms with E-state index in [2.05, 4.69) is 60.5 Å². The minimum atomic E-state index is -1.47. The number of carbonyl (C=O) groups is 2. The average molecular weight is 615 g/mol. The van der Waals surface area contributed by atoms with Gasteiger partial charge in [-0.1, -0.05) is 60.7 Å². The minimum absolute atomic E-state index is 0.0205. The van der Waals surface area contributed by atoms with Gasteiger partial charge in [0.15, 0.2) is 29.3 Å². The molecule has 0 spiro atoms. The second-order valence-corrected chi connectivity index (χ2v) is 11.3. The van der Waals surface area contributed by atoms with Crippen LogP contribution in [-0.4, -0.2) is 92.1 Å². The number of amides is 2. The Hall–Kier alpha value is -4.43. The van der Waals surface area contributed by atoms with Crippen molar-refractivity contribution in [1.82, 2.24) is 35.5 Å². The second kappa shape index (κ2) is 13.7. The number of nitrogens with one attached hydrogen (secondary N) is 4. The van der Waals surface area contributed by atoms with Gasteiger partial charge in [0.05, 0.1) is 6.33 Å². The van der Waals surface area contributed by atoms with Gasteiger partial charge >= 0.3 is 0 Å². The number of piperidine rings is 1. The van der Waals surface area contributed by atoms with Crippen molar-refractivity contribution in [2.24, 2.45) is 0 Å². The van der Waals surface area contributed by atoms with Gasteiger partial charge in [0.2, 0.25) is 5.82 Å². The zero-order chi connectivity index (χ0) is 31.3. The molecular formula is C32H38N8O5. The molecule has 13 heteroatoms. The first kappa shape index (κ1) is 30.6. The molecule has 2 amide bonds. The lowest BCUT2D eigenvalue weighted by molar-refractivity contribution is -0.137. The standard InChI is InChI=1S/C32H38N8O5/c1-2-34-30(43)26-24(41)25(42)32(45-26)40-18-36-23-27(38-28(39-29(23)40)31(44)37-21-13-15-33-16-14-21)35-17-22(19-9-5-3-6-10-19)20-11-7-4-8-12-20/h3-12,18,21-22,24-26,32-33,41-42H,2,13-17H2,1H3,(H,34,43)(H,37,44)(H,35,38,39)/t24-,25+,26-,32+/m0/s1. The maximum Gasteiger partial charge on any atom is 0.289 e. The lowest BCUT2D eigenvalue weighted by Crippen LogP contribution is -2.43. The number of hydrogen-bond donors (Lipinski definition) is 6. The Balaban J connectivity index is 1.36. The van der Waals surface area contributed by atoms with E-state index < -0.39 is 36.4 Å². The molecule has 4 heterocycles. The number of likely N-dealkylation sites (N-methyl/N-ethyl adjacent to an activating group) is 1. The predicted octanol–water partition coefficient (Wildman–Crippen LogP) is 1.31. The van der Waals surface area contributed by atoms with E-state index in [1.807, 2.05) is 36.4 Å². The summed E-state index contributed by atoms with van der Waals surface area (Å²) >= 11 is 0. The van der Waals surface area contributed by atoms with Crippen LogP contribution in [0.2, 0.25) is 0 Å². The molecular weight excluding hydrogens is 576 g/mol. The lowest BCUT2D eigenvalue weighted by Gasteiger charge is -2.23. The Bertz CT molecular complexity index is 1570. The maximum atomic E-state index is 13.5. The van der Waals surface area contributed by atoms with Crippen molar-refractivity contribution in [3.05, 3.63) is 83.9 Å². The van der Waals surface area contributed by atoms with Crippen molar-refractivity contribution in [3.8, 4) is 0 Å². The van der Waals surface area contributed by atoms with Gasteiger partial charge in [0.25, 0.3) is 11.8 Å². The zero-order valence-electron chi connectivity index (χ0n) is 25.0. The van der Waals surface area contributed by atoms with Crippen molar-refractivity contribution in [2.75, 3.05) is 31.5 Å². The number of hydrogen-bond acceptors (Lipinski definition) is 10. The fraction of sp³-hybridized carbons (Fsp3) is 0.406. The van der Waals surface area contributed by atoms with Crippen LogP contribution >= 0.6 is 0 Å². The molecule has 0 radical (unpaired) electrons. The summed E-state index contributed by atoms with van der Waals surface area (Å²) in [5.74, 6) is -0.758. The van der Waals surface area contributed by atoms with Crippen molar-refractivity contribution < 1.29 is 24.5 Å². The van der Waals surface area contributed by atoms with E-state index in [0.29, 0.717) is 24.4 Å².